The first-order valence-electron chi connectivity index (χ1n) is 5.03. The molecule has 1 aromatic rings. The van der Waals surface area contributed by atoms with Gasteiger partial charge < -0.3 is 5.73 Å². The fourth-order valence-corrected chi connectivity index (χ4v) is 1.89. The van der Waals surface area contributed by atoms with E-state index in [1.165, 1.54) is 18.7 Å². The Kier molecular flexibility index (Phi) is 4.84. The van der Waals surface area contributed by atoms with Crippen LogP contribution in [0, 0.1) is 6.92 Å². The van der Waals surface area contributed by atoms with Gasteiger partial charge in [-0.05, 0) is 24.6 Å². The summed E-state index contributed by atoms with van der Waals surface area (Å²) in [6.45, 7) is 3.28. The van der Waals surface area contributed by atoms with Crippen molar-refractivity contribution in [2.75, 3.05) is 11.5 Å². The van der Waals surface area contributed by atoms with Gasteiger partial charge in [-0.2, -0.15) is 0 Å². The van der Waals surface area contributed by atoms with Gasteiger partial charge in [0.25, 0.3) is 0 Å². The molecule has 0 saturated carbocycles. The average molecular weight is 253 g/mol. The second-order valence-electron chi connectivity index (χ2n) is 3.56. The van der Waals surface area contributed by atoms with Crippen molar-refractivity contribution in [2.24, 2.45) is 0 Å². The first-order valence-corrected chi connectivity index (χ1v) is 6.02. The Morgan fingerprint density at radius 3 is 2.65 bits per heavy atom. The Morgan fingerprint density at radius 1 is 1.35 bits per heavy atom. The number of rotatable bonds is 3. The summed E-state index contributed by atoms with van der Waals surface area (Å²) in [7, 11) is 0. The SMILES string of the molecule is CC(=O)NNC(=O)CSc1ccc(C)cc1N. The fourth-order valence-electron chi connectivity index (χ4n) is 1.14. The van der Waals surface area contributed by atoms with E-state index in [0.29, 0.717) is 5.69 Å². The summed E-state index contributed by atoms with van der Waals surface area (Å²) in [6, 6.07) is 5.67. The average Bonchev–Trinajstić information content (AvgIpc) is 2.25. The molecule has 92 valence electrons. The number of hydrazine groups is 1. The number of benzene rings is 1. The van der Waals surface area contributed by atoms with Gasteiger partial charge in [-0.1, -0.05) is 6.07 Å². The quantitative estimate of drug-likeness (QED) is 0.423. The minimum Gasteiger partial charge on any atom is -0.398 e. The van der Waals surface area contributed by atoms with Crippen molar-refractivity contribution in [3.63, 3.8) is 0 Å². The molecule has 2 amide bonds. The molecule has 0 bridgehead atoms. The molecule has 17 heavy (non-hydrogen) atoms. The van der Waals surface area contributed by atoms with E-state index in [1.807, 2.05) is 25.1 Å². The largest absolute Gasteiger partial charge is 0.398 e. The zero-order chi connectivity index (χ0) is 12.8. The Balaban J connectivity index is 2.44. The van der Waals surface area contributed by atoms with E-state index in [2.05, 4.69) is 10.9 Å². The molecule has 0 heterocycles. The van der Waals surface area contributed by atoms with Crippen LogP contribution in [0.4, 0.5) is 5.69 Å². The number of nitrogens with two attached hydrogens (primary N) is 1. The molecule has 0 aromatic heterocycles. The Hall–Kier alpha value is -1.69. The minimum absolute atomic E-state index is 0.202. The van der Waals surface area contributed by atoms with Crippen molar-refractivity contribution in [3.05, 3.63) is 23.8 Å². The van der Waals surface area contributed by atoms with Gasteiger partial charge in [0.2, 0.25) is 11.8 Å². The van der Waals surface area contributed by atoms with Crippen molar-refractivity contribution in [1.29, 1.82) is 0 Å². The second-order valence-corrected chi connectivity index (χ2v) is 4.58. The first-order chi connectivity index (χ1) is 7.99. The highest BCUT2D eigenvalue weighted by atomic mass is 32.2. The summed E-state index contributed by atoms with van der Waals surface area (Å²) in [6.07, 6.45) is 0. The molecule has 0 radical (unpaired) electrons. The van der Waals surface area contributed by atoms with Crippen LogP contribution in [0.2, 0.25) is 0 Å². The van der Waals surface area contributed by atoms with E-state index in [9.17, 15) is 9.59 Å². The highest BCUT2D eigenvalue weighted by Crippen LogP contribution is 2.25. The van der Waals surface area contributed by atoms with Crippen LogP contribution in [0.25, 0.3) is 0 Å². The molecule has 0 spiro atoms. The lowest BCUT2D eigenvalue weighted by Gasteiger charge is -2.07. The number of thioether (sulfide) groups is 1. The zero-order valence-corrected chi connectivity index (χ0v) is 10.6. The van der Waals surface area contributed by atoms with Gasteiger partial charge in [0.15, 0.2) is 0 Å². The molecule has 0 aliphatic carbocycles. The fraction of sp³-hybridized carbons (Fsp3) is 0.273. The van der Waals surface area contributed by atoms with Crippen LogP contribution in [0.15, 0.2) is 23.1 Å². The Bertz CT molecular complexity index is 435. The lowest BCUT2D eigenvalue weighted by Crippen LogP contribution is -2.41. The predicted molar refractivity (Wildman–Crippen MR) is 68.3 cm³/mol. The molecule has 4 N–H and O–H groups in total. The molecule has 0 atom stereocenters. The van der Waals surface area contributed by atoms with Crippen LogP contribution >= 0.6 is 11.8 Å². The smallest absolute Gasteiger partial charge is 0.248 e. The molecule has 0 saturated heterocycles. The van der Waals surface area contributed by atoms with E-state index < -0.39 is 0 Å². The molecule has 0 fully saturated rings. The van der Waals surface area contributed by atoms with Gasteiger partial charge in [-0.25, -0.2) is 0 Å². The molecule has 0 aliphatic rings. The standard InChI is InChI=1S/C11H15N3O2S/c1-7-3-4-10(9(12)5-7)17-6-11(16)14-13-8(2)15/h3-5H,6,12H2,1-2H3,(H,13,15)(H,14,16). The van der Waals surface area contributed by atoms with Gasteiger partial charge in [-0.15, -0.1) is 11.8 Å². The third-order valence-corrected chi connectivity index (χ3v) is 2.99. The van der Waals surface area contributed by atoms with Crippen LogP contribution in [0.3, 0.4) is 0 Å². The maximum absolute atomic E-state index is 11.3. The number of nitrogens with one attached hydrogen (secondary N) is 2. The Labute approximate surface area is 104 Å². The van der Waals surface area contributed by atoms with Gasteiger partial charge in [0.05, 0.1) is 5.75 Å². The Morgan fingerprint density at radius 2 is 2.06 bits per heavy atom. The predicted octanol–water partition coefficient (Wildman–Crippen LogP) is 0.837. The maximum Gasteiger partial charge on any atom is 0.248 e. The van der Waals surface area contributed by atoms with E-state index >= 15 is 0 Å². The van der Waals surface area contributed by atoms with Crippen molar-refractivity contribution in [3.8, 4) is 0 Å². The summed E-state index contributed by atoms with van der Waals surface area (Å²) in [5.41, 5.74) is 12.0. The van der Waals surface area contributed by atoms with E-state index in [0.717, 1.165) is 10.5 Å². The molecule has 6 heteroatoms. The first kappa shape index (κ1) is 13.4. The van der Waals surface area contributed by atoms with Crippen molar-refractivity contribution < 1.29 is 9.59 Å². The van der Waals surface area contributed by atoms with E-state index in [4.69, 9.17) is 5.73 Å². The summed E-state index contributed by atoms with van der Waals surface area (Å²) >= 11 is 1.33. The van der Waals surface area contributed by atoms with Gasteiger partial charge in [0, 0.05) is 17.5 Å². The van der Waals surface area contributed by atoms with Crippen molar-refractivity contribution in [1.82, 2.24) is 10.9 Å². The highest BCUT2D eigenvalue weighted by Gasteiger charge is 2.05. The van der Waals surface area contributed by atoms with Crippen LogP contribution in [-0.4, -0.2) is 17.6 Å². The molecular weight excluding hydrogens is 238 g/mol. The lowest BCUT2D eigenvalue weighted by atomic mass is 10.2. The normalized spacial score (nSPS) is 9.76. The van der Waals surface area contributed by atoms with Crippen LogP contribution in [0.5, 0.6) is 0 Å². The number of anilines is 1. The molecule has 0 aliphatic heterocycles. The molecule has 1 aromatic carbocycles. The molecule has 1 rings (SSSR count). The zero-order valence-electron chi connectivity index (χ0n) is 9.74. The van der Waals surface area contributed by atoms with Gasteiger partial charge in [-0.3, -0.25) is 20.4 Å². The summed E-state index contributed by atoms with van der Waals surface area (Å²) in [4.78, 5) is 22.7. The monoisotopic (exact) mass is 253 g/mol. The van der Waals surface area contributed by atoms with Crippen LogP contribution in [-0.2, 0) is 9.59 Å². The molecule has 0 unspecified atom stereocenters. The summed E-state index contributed by atoms with van der Waals surface area (Å²) in [5.74, 6) is -0.378. The maximum atomic E-state index is 11.3. The number of aryl methyl sites for hydroxylation is 1. The van der Waals surface area contributed by atoms with Gasteiger partial charge in [0.1, 0.15) is 0 Å². The van der Waals surface area contributed by atoms with Crippen molar-refractivity contribution in [2.45, 2.75) is 18.7 Å². The number of carbonyl (C=O) groups excluding carboxylic acids is 2. The number of hydrogen-bond donors (Lipinski definition) is 3. The van der Waals surface area contributed by atoms with E-state index in [-0.39, 0.29) is 17.6 Å². The van der Waals surface area contributed by atoms with Crippen LogP contribution in [0.1, 0.15) is 12.5 Å². The third-order valence-electron chi connectivity index (χ3n) is 1.90. The topological polar surface area (TPSA) is 84.2 Å². The second kappa shape index (κ2) is 6.15. The van der Waals surface area contributed by atoms with Gasteiger partial charge >= 0.3 is 0 Å². The summed E-state index contributed by atoms with van der Waals surface area (Å²) < 4.78 is 0. The number of nitrogen functional groups attached to an aromatic ring is 1. The summed E-state index contributed by atoms with van der Waals surface area (Å²) in [5, 5.41) is 0. The third kappa shape index (κ3) is 4.78. The number of carbonyl (C=O) groups is 2. The lowest BCUT2D eigenvalue weighted by molar-refractivity contribution is -0.126. The molecular formula is C11H15N3O2S. The number of amides is 2. The van der Waals surface area contributed by atoms with Crippen LogP contribution < -0.4 is 16.6 Å². The number of hydrogen-bond acceptors (Lipinski definition) is 4. The van der Waals surface area contributed by atoms with E-state index in [1.54, 1.807) is 0 Å². The van der Waals surface area contributed by atoms with Crippen molar-refractivity contribution >= 4 is 29.3 Å². The molecule has 5 nitrogen and oxygen atoms in total. The highest BCUT2D eigenvalue weighted by molar-refractivity contribution is 8.00. The minimum atomic E-state index is -0.307.